The highest BCUT2D eigenvalue weighted by atomic mass is 31.2. The average molecular weight is 1490 g/mol. The second kappa shape index (κ2) is 73.2. The molecule has 17 nitrogen and oxygen atoms in total. The molecule has 0 aromatic heterocycles. The predicted octanol–water partition coefficient (Wildman–Crippen LogP) is 24.9. The number of hydrogen-bond donors (Lipinski definition) is 3. The number of aliphatic hydroxyl groups is 1. The molecule has 0 rings (SSSR count). The Hall–Kier alpha value is -1.94. The SMILES string of the molecule is CCCCCCCCCCCCCCCCCCCCCCCC(=O)O[C@H](COC(=O)CCCCCCCCCCCCCCC(C)C)COP(=O)(O)OC[C@@H](O)COP(=O)(O)OC[C@@H](COC(=O)CCCCCCCCCCC(C)C)OC(=O)CCCCCCCCCCCCCCC(C)C. The third kappa shape index (κ3) is 76.3. The summed E-state index contributed by atoms with van der Waals surface area (Å²) in [5, 5.41) is 10.7. The molecule has 102 heavy (non-hydrogen) atoms. The molecule has 0 bridgehead atoms. The highest BCUT2D eigenvalue weighted by Gasteiger charge is 2.30. The lowest BCUT2D eigenvalue weighted by Gasteiger charge is -2.21. The van der Waals surface area contributed by atoms with E-state index in [1.165, 1.54) is 244 Å². The summed E-state index contributed by atoms with van der Waals surface area (Å²) in [6, 6.07) is 0. The molecule has 0 amide bonds. The molecule has 2 unspecified atom stereocenters. The monoisotopic (exact) mass is 1490 g/mol. The summed E-state index contributed by atoms with van der Waals surface area (Å²) in [7, 11) is -9.92. The molecule has 0 fully saturated rings. The molecule has 0 saturated carbocycles. The third-order valence-electron chi connectivity index (χ3n) is 19.4. The van der Waals surface area contributed by atoms with E-state index in [4.69, 9.17) is 37.0 Å². The maximum Gasteiger partial charge on any atom is 0.472 e. The van der Waals surface area contributed by atoms with Crippen LogP contribution in [0, 0.1) is 17.8 Å². The molecule has 0 spiro atoms. The van der Waals surface area contributed by atoms with Crippen LogP contribution in [-0.2, 0) is 65.4 Å². The average Bonchev–Trinajstić information content (AvgIpc) is 0.910. The van der Waals surface area contributed by atoms with Crippen molar-refractivity contribution >= 4 is 39.5 Å². The minimum Gasteiger partial charge on any atom is -0.462 e. The molecule has 0 aliphatic heterocycles. The van der Waals surface area contributed by atoms with Crippen molar-refractivity contribution in [3.8, 4) is 0 Å². The van der Waals surface area contributed by atoms with Gasteiger partial charge in [0.15, 0.2) is 12.2 Å². The number of carbonyl (C=O) groups is 4. The van der Waals surface area contributed by atoms with Crippen molar-refractivity contribution in [1.29, 1.82) is 0 Å². The number of esters is 4. The van der Waals surface area contributed by atoms with Crippen molar-refractivity contribution in [1.82, 2.24) is 0 Å². The molecule has 3 N–H and O–H groups in total. The fourth-order valence-electron chi connectivity index (χ4n) is 12.8. The summed E-state index contributed by atoms with van der Waals surface area (Å²) < 4.78 is 68.8. The van der Waals surface area contributed by atoms with Gasteiger partial charge in [-0.3, -0.25) is 37.3 Å². The van der Waals surface area contributed by atoms with Gasteiger partial charge in [-0.05, 0) is 43.4 Å². The molecular weight excluding hydrogens is 1330 g/mol. The van der Waals surface area contributed by atoms with Crippen LogP contribution in [0.4, 0.5) is 0 Å². The molecule has 0 aliphatic carbocycles. The minimum atomic E-state index is -4.96. The van der Waals surface area contributed by atoms with E-state index < -0.39 is 97.5 Å². The quantitative estimate of drug-likeness (QED) is 0.0222. The Bertz CT molecular complexity index is 1970. The predicted molar refractivity (Wildman–Crippen MR) is 418 cm³/mol. The van der Waals surface area contributed by atoms with Crippen molar-refractivity contribution in [3.05, 3.63) is 0 Å². The first-order chi connectivity index (χ1) is 49.2. The van der Waals surface area contributed by atoms with Gasteiger partial charge in [-0.25, -0.2) is 9.13 Å². The molecule has 19 heteroatoms. The molecule has 0 aromatic carbocycles. The minimum absolute atomic E-state index is 0.106. The van der Waals surface area contributed by atoms with Gasteiger partial charge in [0.05, 0.1) is 26.4 Å². The molecule has 0 saturated heterocycles. The number of unbranched alkanes of at least 4 members (excludes halogenated alkanes) is 49. The number of ether oxygens (including phenoxy) is 4. The van der Waals surface area contributed by atoms with Crippen molar-refractivity contribution in [2.75, 3.05) is 39.6 Å². The zero-order valence-corrected chi connectivity index (χ0v) is 68.9. The van der Waals surface area contributed by atoms with Crippen LogP contribution in [-0.4, -0.2) is 96.7 Å². The smallest absolute Gasteiger partial charge is 0.462 e. The van der Waals surface area contributed by atoms with Crippen LogP contribution in [0.25, 0.3) is 0 Å². The van der Waals surface area contributed by atoms with E-state index in [0.29, 0.717) is 25.7 Å². The first-order valence-corrected chi connectivity index (χ1v) is 45.8. The zero-order valence-electron chi connectivity index (χ0n) is 67.1. The molecule has 0 aliphatic rings. The topological polar surface area (TPSA) is 237 Å². The second-order valence-corrected chi connectivity index (χ2v) is 34.2. The van der Waals surface area contributed by atoms with Gasteiger partial charge in [-0.2, -0.15) is 0 Å². The van der Waals surface area contributed by atoms with Gasteiger partial charge in [0, 0.05) is 25.7 Å². The van der Waals surface area contributed by atoms with E-state index in [0.717, 1.165) is 108 Å². The summed E-state index contributed by atoms with van der Waals surface area (Å²) in [5.41, 5.74) is 0. The molecule has 5 atom stereocenters. The Labute approximate surface area is 626 Å². The summed E-state index contributed by atoms with van der Waals surface area (Å²) in [6.07, 6.45) is 62.5. The van der Waals surface area contributed by atoms with Crippen LogP contribution < -0.4 is 0 Å². The molecule has 606 valence electrons. The van der Waals surface area contributed by atoms with E-state index in [2.05, 4.69) is 48.5 Å². The third-order valence-corrected chi connectivity index (χ3v) is 21.3. The lowest BCUT2D eigenvalue weighted by atomic mass is 10.0. The first kappa shape index (κ1) is 100. The molecule has 0 radical (unpaired) electrons. The Balaban J connectivity index is 5.24. The van der Waals surface area contributed by atoms with Gasteiger partial charge in [-0.15, -0.1) is 0 Å². The number of aliphatic hydroxyl groups excluding tert-OH is 1. The maximum atomic E-state index is 13.1. The highest BCUT2D eigenvalue weighted by Crippen LogP contribution is 2.45. The van der Waals surface area contributed by atoms with Crippen LogP contribution in [0.3, 0.4) is 0 Å². The Morgan fingerprint density at radius 2 is 0.451 bits per heavy atom. The Morgan fingerprint density at radius 1 is 0.265 bits per heavy atom. The van der Waals surface area contributed by atoms with Gasteiger partial charge in [-0.1, -0.05) is 382 Å². The van der Waals surface area contributed by atoms with Crippen LogP contribution in [0.5, 0.6) is 0 Å². The van der Waals surface area contributed by atoms with E-state index in [-0.39, 0.29) is 25.7 Å². The van der Waals surface area contributed by atoms with Crippen LogP contribution in [0.2, 0.25) is 0 Å². The fourth-order valence-corrected chi connectivity index (χ4v) is 14.4. The van der Waals surface area contributed by atoms with Crippen molar-refractivity contribution < 1.29 is 80.2 Å². The molecular formula is C83H162O17P2. The lowest BCUT2D eigenvalue weighted by molar-refractivity contribution is -0.161. The highest BCUT2D eigenvalue weighted by molar-refractivity contribution is 7.47. The van der Waals surface area contributed by atoms with Gasteiger partial charge in [0.2, 0.25) is 0 Å². The van der Waals surface area contributed by atoms with E-state index in [1.807, 2.05) is 0 Å². The zero-order chi connectivity index (χ0) is 75.1. The lowest BCUT2D eigenvalue weighted by Crippen LogP contribution is -2.30. The van der Waals surface area contributed by atoms with E-state index in [1.54, 1.807) is 0 Å². The van der Waals surface area contributed by atoms with Gasteiger partial charge >= 0.3 is 39.5 Å². The largest absolute Gasteiger partial charge is 0.472 e. The summed E-state index contributed by atoms with van der Waals surface area (Å²) in [4.78, 5) is 73.1. The van der Waals surface area contributed by atoms with Gasteiger partial charge in [0.25, 0.3) is 0 Å². The van der Waals surface area contributed by atoms with Gasteiger partial charge < -0.3 is 33.8 Å². The van der Waals surface area contributed by atoms with Crippen LogP contribution in [0.1, 0.15) is 434 Å². The number of phosphoric acid groups is 2. The Morgan fingerprint density at radius 3 is 0.667 bits per heavy atom. The first-order valence-electron chi connectivity index (χ1n) is 42.8. The Kier molecular flexibility index (Phi) is 71.8. The second-order valence-electron chi connectivity index (χ2n) is 31.3. The maximum absolute atomic E-state index is 13.1. The normalized spacial score (nSPS) is 13.9. The standard InChI is InChI=1S/C83H162O17P2/c1-8-9-10-11-12-13-14-15-16-17-18-19-20-21-22-23-31-36-45-52-59-66-82(87)99-78(70-93-80(85)64-57-50-43-35-30-26-24-28-33-40-47-54-61-74(2)3)72-97-101(89,90)95-68-77(84)69-96-102(91,92)98-73-79(71-94-81(86)65-58-51-44-39-38-42-49-56-63-76(6)7)100-83(88)67-60-53-46-37-32-27-25-29-34-41-48-55-62-75(4)5/h74-79,84H,8-73H2,1-7H3,(H,89,90)(H,91,92)/t77-,78-,79-/m1/s1. The van der Waals surface area contributed by atoms with Crippen LogP contribution in [0.15, 0.2) is 0 Å². The summed E-state index contributed by atoms with van der Waals surface area (Å²) >= 11 is 0. The van der Waals surface area contributed by atoms with E-state index >= 15 is 0 Å². The number of hydrogen-bond acceptors (Lipinski definition) is 15. The summed E-state index contributed by atoms with van der Waals surface area (Å²) in [5.74, 6) is 0.175. The fraction of sp³-hybridized carbons (Fsp3) is 0.952. The number of rotatable bonds is 81. The summed E-state index contributed by atoms with van der Waals surface area (Å²) in [6.45, 7) is 11.9. The van der Waals surface area contributed by atoms with Crippen molar-refractivity contribution in [2.24, 2.45) is 17.8 Å². The number of phosphoric ester groups is 2. The molecule has 0 aromatic rings. The van der Waals surface area contributed by atoms with Crippen molar-refractivity contribution in [3.63, 3.8) is 0 Å². The van der Waals surface area contributed by atoms with Crippen LogP contribution >= 0.6 is 15.6 Å². The van der Waals surface area contributed by atoms with E-state index in [9.17, 15) is 43.2 Å². The van der Waals surface area contributed by atoms with Crippen molar-refractivity contribution in [2.45, 2.75) is 452 Å². The van der Waals surface area contributed by atoms with Gasteiger partial charge in [0.1, 0.15) is 19.3 Å². The number of carbonyl (C=O) groups excluding carboxylic acids is 4. The molecule has 0 heterocycles.